The summed E-state index contributed by atoms with van der Waals surface area (Å²) in [6.45, 7) is 1.97. The van der Waals surface area contributed by atoms with Crippen LogP contribution in [0.4, 0.5) is 0 Å². The molecule has 0 fully saturated rings. The molecule has 0 saturated carbocycles. The first-order chi connectivity index (χ1) is 10.2. The summed E-state index contributed by atoms with van der Waals surface area (Å²) in [5.74, 6) is 0. The van der Waals surface area contributed by atoms with Gasteiger partial charge in [0.1, 0.15) is 0 Å². The predicted octanol–water partition coefficient (Wildman–Crippen LogP) is 4.21. The minimum Gasteiger partial charge on any atom is -0.388 e. The topological polar surface area (TPSA) is 33.1 Å². The van der Waals surface area contributed by atoms with E-state index in [1.807, 2.05) is 55.5 Å². The van der Waals surface area contributed by atoms with Crippen LogP contribution >= 0.6 is 0 Å². The number of rotatable bonds is 4. The molecule has 1 N–H and O–H groups in total. The molecule has 21 heavy (non-hydrogen) atoms. The van der Waals surface area contributed by atoms with Crippen molar-refractivity contribution < 1.29 is 5.11 Å². The molecule has 106 valence electrons. The van der Waals surface area contributed by atoms with Crippen LogP contribution in [0.2, 0.25) is 0 Å². The van der Waals surface area contributed by atoms with Gasteiger partial charge in [0.05, 0.1) is 11.6 Å². The maximum absolute atomic E-state index is 10.6. The van der Waals surface area contributed by atoms with Gasteiger partial charge < -0.3 is 5.11 Å². The summed E-state index contributed by atoms with van der Waals surface area (Å²) < 4.78 is 0. The molecule has 0 radical (unpaired) electrons. The Morgan fingerprint density at radius 3 is 2.52 bits per heavy atom. The molecule has 3 rings (SSSR count). The largest absolute Gasteiger partial charge is 0.388 e. The van der Waals surface area contributed by atoms with Crippen LogP contribution in [0.1, 0.15) is 29.3 Å². The Morgan fingerprint density at radius 2 is 1.71 bits per heavy atom. The van der Waals surface area contributed by atoms with Crippen LogP contribution in [0.15, 0.2) is 60.7 Å². The van der Waals surface area contributed by atoms with Crippen molar-refractivity contribution in [2.24, 2.45) is 0 Å². The Hall–Kier alpha value is -2.19. The molecule has 2 nitrogen and oxygen atoms in total. The van der Waals surface area contributed by atoms with Crippen molar-refractivity contribution in [3.8, 4) is 0 Å². The molecule has 1 unspecified atom stereocenters. The van der Waals surface area contributed by atoms with E-state index in [1.165, 1.54) is 5.56 Å². The first-order valence-electron chi connectivity index (χ1n) is 7.32. The second-order valence-electron chi connectivity index (χ2n) is 5.41. The van der Waals surface area contributed by atoms with E-state index >= 15 is 0 Å². The molecule has 2 heteroatoms. The summed E-state index contributed by atoms with van der Waals surface area (Å²) in [6, 6.07) is 20.3. The van der Waals surface area contributed by atoms with Crippen molar-refractivity contribution >= 4 is 10.9 Å². The normalized spacial score (nSPS) is 12.5. The van der Waals surface area contributed by atoms with Gasteiger partial charge in [0, 0.05) is 11.1 Å². The van der Waals surface area contributed by atoms with Gasteiger partial charge in [-0.1, -0.05) is 48.5 Å². The number of pyridine rings is 1. The fourth-order valence-corrected chi connectivity index (χ4v) is 2.72. The van der Waals surface area contributed by atoms with Gasteiger partial charge in [0.15, 0.2) is 0 Å². The Bertz CT molecular complexity index is 737. The number of aliphatic hydroxyl groups excluding tert-OH is 1. The average Bonchev–Trinajstić information content (AvgIpc) is 2.52. The minimum absolute atomic E-state index is 0.461. The van der Waals surface area contributed by atoms with Gasteiger partial charge in [-0.15, -0.1) is 0 Å². The molecule has 0 saturated heterocycles. The van der Waals surface area contributed by atoms with Gasteiger partial charge in [0.25, 0.3) is 0 Å². The first-order valence-corrected chi connectivity index (χ1v) is 7.32. The minimum atomic E-state index is -0.461. The lowest BCUT2D eigenvalue weighted by molar-refractivity contribution is 0.169. The SMILES string of the molecule is Cc1cc(C(O)CCc2ccccc2)c2ccccc2n1. The van der Waals surface area contributed by atoms with Crippen LogP contribution in [0.3, 0.4) is 0 Å². The van der Waals surface area contributed by atoms with E-state index in [4.69, 9.17) is 0 Å². The highest BCUT2D eigenvalue weighted by Gasteiger charge is 2.12. The van der Waals surface area contributed by atoms with Crippen molar-refractivity contribution in [1.82, 2.24) is 4.98 Å². The zero-order chi connectivity index (χ0) is 14.7. The number of aliphatic hydroxyl groups is 1. The highest BCUT2D eigenvalue weighted by atomic mass is 16.3. The molecule has 0 spiro atoms. The van der Waals surface area contributed by atoms with Gasteiger partial charge in [-0.2, -0.15) is 0 Å². The van der Waals surface area contributed by atoms with Crippen LogP contribution in [-0.2, 0) is 6.42 Å². The summed E-state index contributed by atoms with van der Waals surface area (Å²) in [4.78, 5) is 4.53. The summed E-state index contributed by atoms with van der Waals surface area (Å²) in [6.07, 6.45) is 1.13. The third kappa shape index (κ3) is 3.11. The van der Waals surface area contributed by atoms with Crippen LogP contribution in [-0.4, -0.2) is 10.1 Å². The lowest BCUT2D eigenvalue weighted by Crippen LogP contribution is -2.02. The van der Waals surface area contributed by atoms with Gasteiger partial charge in [0.2, 0.25) is 0 Å². The predicted molar refractivity (Wildman–Crippen MR) is 86.2 cm³/mol. The van der Waals surface area contributed by atoms with E-state index in [2.05, 4.69) is 17.1 Å². The third-order valence-electron chi connectivity index (χ3n) is 3.78. The molecule has 1 heterocycles. The average molecular weight is 277 g/mol. The molecule has 1 aromatic heterocycles. The molecule has 0 amide bonds. The Kier molecular flexibility index (Phi) is 3.98. The summed E-state index contributed by atoms with van der Waals surface area (Å²) in [5, 5.41) is 11.6. The number of benzene rings is 2. The number of nitrogens with zero attached hydrogens (tertiary/aromatic N) is 1. The zero-order valence-electron chi connectivity index (χ0n) is 12.2. The fourth-order valence-electron chi connectivity index (χ4n) is 2.72. The van der Waals surface area contributed by atoms with Gasteiger partial charge in [-0.3, -0.25) is 4.98 Å². The van der Waals surface area contributed by atoms with Crippen molar-refractivity contribution in [2.45, 2.75) is 25.9 Å². The van der Waals surface area contributed by atoms with Crippen molar-refractivity contribution in [3.05, 3.63) is 77.5 Å². The maximum atomic E-state index is 10.6. The van der Waals surface area contributed by atoms with Crippen LogP contribution < -0.4 is 0 Å². The molecular weight excluding hydrogens is 258 g/mol. The number of hydrogen-bond donors (Lipinski definition) is 1. The standard InChI is InChI=1S/C19H19NO/c1-14-13-17(16-9-5-6-10-18(16)20-14)19(21)12-11-15-7-3-2-4-8-15/h2-10,13,19,21H,11-12H2,1H3. The fraction of sp³-hybridized carbons (Fsp3) is 0.211. The van der Waals surface area contributed by atoms with E-state index in [-0.39, 0.29) is 0 Å². The van der Waals surface area contributed by atoms with E-state index in [9.17, 15) is 5.11 Å². The second kappa shape index (κ2) is 6.06. The third-order valence-corrected chi connectivity index (χ3v) is 3.78. The highest BCUT2D eigenvalue weighted by molar-refractivity contribution is 5.82. The smallest absolute Gasteiger partial charge is 0.0800 e. The molecule has 0 aliphatic carbocycles. The number of fused-ring (bicyclic) bond motifs is 1. The van der Waals surface area contributed by atoms with Crippen molar-refractivity contribution in [2.75, 3.05) is 0 Å². The lowest BCUT2D eigenvalue weighted by atomic mass is 9.98. The quantitative estimate of drug-likeness (QED) is 0.775. The maximum Gasteiger partial charge on any atom is 0.0800 e. The molecule has 2 aromatic carbocycles. The van der Waals surface area contributed by atoms with Gasteiger partial charge in [-0.25, -0.2) is 0 Å². The molecule has 0 aliphatic rings. The molecule has 0 bridgehead atoms. The van der Waals surface area contributed by atoms with Crippen molar-refractivity contribution in [1.29, 1.82) is 0 Å². The van der Waals surface area contributed by atoms with Crippen LogP contribution in [0.5, 0.6) is 0 Å². The number of para-hydroxylation sites is 1. The number of hydrogen-bond acceptors (Lipinski definition) is 2. The highest BCUT2D eigenvalue weighted by Crippen LogP contribution is 2.27. The molecular formula is C19H19NO. The van der Waals surface area contributed by atoms with Crippen LogP contribution in [0, 0.1) is 6.92 Å². The monoisotopic (exact) mass is 277 g/mol. The second-order valence-corrected chi connectivity index (χ2v) is 5.41. The number of aryl methyl sites for hydroxylation is 2. The van der Waals surface area contributed by atoms with Crippen LogP contribution in [0.25, 0.3) is 10.9 Å². The summed E-state index contributed by atoms with van der Waals surface area (Å²) >= 11 is 0. The van der Waals surface area contributed by atoms with Gasteiger partial charge >= 0.3 is 0 Å². The first kappa shape index (κ1) is 13.8. The van der Waals surface area contributed by atoms with E-state index in [0.29, 0.717) is 0 Å². The molecule has 0 aliphatic heterocycles. The number of aromatic nitrogens is 1. The molecule has 3 aromatic rings. The Labute approximate surface area is 125 Å². The van der Waals surface area contributed by atoms with E-state index < -0.39 is 6.10 Å². The summed E-state index contributed by atoms with van der Waals surface area (Å²) in [7, 11) is 0. The lowest BCUT2D eigenvalue weighted by Gasteiger charge is -2.14. The Balaban J connectivity index is 1.86. The van der Waals surface area contributed by atoms with E-state index in [0.717, 1.165) is 35.0 Å². The van der Waals surface area contributed by atoms with Crippen molar-refractivity contribution in [3.63, 3.8) is 0 Å². The Morgan fingerprint density at radius 1 is 1.00 bits per heavy atom. The summed E-state index contributed by atoms with van der Waals surface area (Å²) in [5.41, 5.74) is 4.13. The zero-order valence-corrected chi connectivity index (χ0v) is 12.2. The van der Waals surface area contributed by atoms with E-state index in [1.54, 1.807) is 0 Å². The molecule has 1 atom stereocenters. The van der Waals surface area contributed by atoms with Gasteiger partial charge in [-0.05, 0) is 43.0 Å².